The van der Waals surface area contributed by atoms with E-state index in [9.17, 15) is 9.59 Å². The highest BCUT2D eigenvalue weighted by Gasteiger charge is 2.30. The second kappa shape index (κ2) is 5.64. The average Bonchev–Trinajstić information content (AvgIpc) is 2.86. The van der Waals surface area contributed by atoms with Gasteiger partial charge in [0.25, 0.3) is 5.91 Å². The molecule has 1 aliphatic carbocycles. The molecule has 19 heavy (non-hydrogen) atoms. The molecule has 7 nitrogen and oxygen atoms in total. The quantitative estimate of drug-likeness (QED) is 0.759. The molecular weight excluding hydrogens is 248 g/mol. The number of ether oxygens (including phenoxy) is 1. The van der Waals surface area contributed by atoms with E-state index in [1.165, 1.54) is 19.5 Å². The van der Waals surface area contributed by atoms with Crippen molar-refractivity contribution in [3.63, 3.8) is 0 Å². The Labute approximate surface area is 110 Å². The maximum atomic E-state index is 11.4. The number of nitrogens with two attached hydrogens (primary N) is 1. The number of methoxy groups -OCH3 is 1. The summed E-state index contributed by atoms with van der Waals surface area (Å²) >= 11 is 0. The van der Waals surface area contributed by atoms with E-state index in [1.54, 1.807) is 0 Å². The van der Waals surface area contributed by atoms with Crippen LogP contribution >= 0.6 is 0 Å². The van der Waals surface area contributed by atoms with Gasteiger partial charge in [0.1, 0.15) is 11.5 Å². The van der Waals surface area contributed by atoms with Crippen LogP contribution in [0.4, 0.5) is 5.82 Å². The largest absolute Gasteiger partial charge is 0.469 e. The molecule has 102 valence electrons. The summed E-state index contributed by atoms with van der Waals surface area (Å²) < 4.78 is 4.73. The smallest absolute Gasteiger partial charge is 0.308 e. The van der Waals surface area contributed by atoms with E-state index in [1.807, 2.05) is 0 Å². The fraction of sp³-hybridized carbons (Fsp3) is 0.500. The number of nitrogens with zero attached hydrogens (tertiary/aromatic N) is 2. The number of carbonyl (C=O) groups is 2. The van der Waals surface area contributed by atoms with Gasteiger partial charge in [0, 0.05) is 6.04 Å². The summed E-state index contributed by atoms with van der Waals surface area (Å²) in [4.78, 5) is 30.4. The Morgan fingerprint density at radius 2 is 2.21 bits per heavy atom. The van der Waals surface area contributed by atoms with Gasteiger partial charge in [-0.2, -0.15) is 0 Å². The fourth-order valence-corrected chi connectivity index (χ4v) is 2.26. The predicted octanol–water partition coefficient (Wildman–Crippen LogP) is 0.329. The third-order valence-corrected chi connectivity index (χ3v) is 3.21. The van der Waals surface area contributed by atoms with E-state index in [-0.39, 0.29) is 23.6 Å². The van der Waals surface area contributed by atoms with Crippen molar-refractivity contribution in [2.75, 3.05) is 12.4 Å². The van der Waals surface area contributed by atoms with Crippen molar-refractivity contribution >= 4 is 17.7 Å². The molecule has 2 rings (SSSR count). The van der Waals surface area contributed by atoms with Crippen molar-refractivity contribution in [1.82, 2.24) is 9.97 Å². The summed E-state index contributed by atoms with van der Waals surface area (Å²) in [5.74, 6) is -0.377. The Morgan fingerprint density at radius 3 is 2.89 bits per heavy atom. The van der Waals surface area contributed by atoms with Gasteiger partial charge in [0.05, 0.1) is 25.4 Å². The standard InChI is InChI=1S/C12H16N4O3/c1-19-12(18)7-2-3-8(4-7)15-10-6-14-5-9(16-10)11(13)17/h5-8H,2-4H2,1H3,(H2,13,17)(H,15,16)/t7-,8+/m0/s1. The van der Waals surface area contributed by atoms with Crippen LogP contribution in [0.2, 0.25) is 0 Å². The molecule has 0 saturated heterocycles. The Balaban J connectivity index is 1.97. The van der Waals surface area contributed by atoms with E-state index in [4.69, 9.17) is 10.5 Å². The number of amides is 1. The number of carbonyl (C=O) groups excluding carboxylic acids is 2. The van der Waals surface area contributed by atoms with Gasteiger partial charge in [-0.05, 0) is 19.3 Å². The third kappa shape index (κ3) is 3.18. The van der Waals surface area contributed by atoms with Crippen LogP contribution in [-0.4, -0.2) is 35.0 Å². The van der Waals surface area contributed by atoms with Crippen LogP contribution < -0.4 is 11.1 Å². The first-order valence-corrected chi connectivity index (χ1v) is 6.06. The van der Waals surface area contributed by atoms with Crippen molar-refractivity contribution in [2.45, 2.75) is 25.3 Å². The maximum absolute atomic E-state index is 11.4. The summed E-state index contributed by atoms with van der Waals surface area (Å²) in [6.07, 6.45) is 5.17. The van der Waals surface area contributed by atoms with Crippen LogP contribution in [0.1, 0.15) is 29.8 Å². The van der Waals surface area contributed by atoms with Crippen molar-refractivity contribution < 1.29 is 14.3 Å². The summed E-state index contributed by atoms with van der Waals surface area (Å²) in [6, 6.07) is 0.126. The SMILES string of the molecule is COC(=O)[C@H]1CC[C@@H](Nc2cncc(C(N)=O)n2)C1. The van der Waals surface area contributed by atoms with Crippen molar-refractivity contribution in [3.05, 3.63) is 18.1 Å². The highest BCUT2D eigenvalue weighted by molar-refractivity contribution is 5.90. The highest BCUT2D eigenvalue weighted by atomic mass is 16.5. The van der Waals surface area contributed by atoms with Crippen LogP contribution in [0.3, 0.4) is 0 Å². The molecule has 2 atom stereocenters. The Bertz CT molecular complexity index is 492. The molecule has 0 spiro atoms. The minimum atomic E-state index is -0.616. The number of aromatic nitrogens is 2. The van der Waals surface area contributed by atoms with Crippen LogP contribution in [0.15, 0.2) is 12.4 Å². The lowest BCUT2D eigenvalue weighted by molar-refractivity contribution is -0.145. The molecule has 1 saturated carbocycles. The monoisotopic (exact) mass is 264 g/mol. The van der Waals surface area contributed by atoms with E-state index >= 15 is 0 Å². The number of rotatable bonds is 4. The maximum Gasteiger partial charge on any atom is 0.308 e. The molecule has 1 heterocycles. The number of hydrogen-bond acceptors (Lipinski definition) is 6. The first-order valence-electron chi connectivity index (χ1n) is 6.06. The lowest BCUT2D eigenvalue weighted by Crippen LogP contribution is -2.21. The lowest BCUT2D eigenvalue weighted by atomic mass is 10.1. The van der Waals surface area contributed by atoms with Gasteiger partial charge in [0.15, 0.2) is 0 Å². The van der Waals surface area contributed by atoms with E-state index in [0.717, 1.165) is 12.8 Å². The Kier molecular flexibility index (Phi) is 3.94. The van der Waals surface area contributed by atoms with Crippen molar-refractivity contribution in [1.29, 1.82) is 0 Å². The molecule has 1 aliphatic rings. The Morgan fingerprint density at radius 1 is 1.42 bits per heavy atom. The van der Waals surface area contributed by atoms with Crippen LogP contribution in [0.5, 0.6) is 0 Å². The van der Waals surface area contributed by atoms with Crippen LogP contribution in [0.25, 0.3) is 0 Å². The zero-order chi connectivity index (χ0) is 13.8. The molecule has 7 heteroatoms. The van der Waals surface area contributed by atoms with Gasteiger partial charge in [-0.15, -0.1) is 0 Å². The number of nitrogens with one attached hydrogen (secondary N) is 1. The predicted molar refractivity (Wildman–Crippen MR) is 67.3 cm³/mol. The van der Waals surface area contributed by atoms with Gasteiger partial charge in [-0.25, -0.2) is 4.98 Å². The molecule has 1 aromatic rings. The summed E-state index contributed by atoms with van der Waals surface area (Å²) in [5, 5.41) is 3.16. The summed E-state index contributed by atoms with van der Waals surface area (Å²) in [5.41, 5.74) is 5.26. The van der Waals surface area contributed by atoms with Crippen molar-refractivity contribution in [2.24, 2.45) is 11.7 Å². The molecule has 0 radical (unpaired) electrons. The van der Waals surface area contributed by atoms with Gasteiger partial charge < -0.3 is 15.8 Å². The highest BCUT2D eigenvalue weighted by Crippen LogP contribution is 2.28. The molecular formula is C12H16N4O3. The second-order valence-electron chi connectivity index (χ2n) is 4.53. The van der Waals surface area contributed by atoms with E-state index in [2.05, 4.69) is 15.3 Å². The zero-order valence-corrected chi connectivity index (χ0v) is 10.6. The van der Waals surface area contributed by atoms with Crippen molar-refractivity contribution in [3.8, 4) is 0 Å². The fourth-order valence-electron chi connectivity index (χ4n) is 2.26. The first-order chi connectivity index (χ1) is 9.10. The van der Waals surface area contributed by atoms with Gasteiger partial charge in [-0.3, -0.25) is 14.6 Å². The third-order valence-electron chi connectivity index (χ3n) is 3.21. The molecule has 0 aliphatic heterocycles. The van der Waals surface area contributed by atoms with E-state index in [0.29, 0.717) is 12.2 Å². The minimum Gasteiger partial charge on any atom is -0.469 e. The normalized spacial score (nSPS) is 21.9. The number of primary amides is 1. The topological polar surface area (TPSA) is 107 Å². The molecule has 3 N–H and O–H groups in total. The molecule has 1 fully saturated rings. The molecule has 1 aromatic heterocycles. The minimum absolute atomic E-state index is 0.0743. The molecule has 0 unspecified atom stereocenters. The Hall–Kier alpha value is -2.18. The van der Waals surface area contributed by atoms with E-state index < -0.39 is 5.91 Å². The number of esters is 1. The van der Waals surface area contributed by atoms with Gasteiger partial charge in [-0.1, -0.05) is 0 Å². The number of anilines is 1. The molecule has 1 amide bonds. The zero-order valence-electron chi connectivity index (χ0n) is 10.6. The van der Waals surface area contributed by atoms with Gasteiger partial charge >= 0.3 is 5.97 Å². The number of hydrogen-bond donors (Lipinski definition) is 2. The van der Waals surface area contributed by atoms with Crippen LogP contribution in [-0.2, 0) is 9.53 Å². The molecule has 0 bridgehead atoms. The van der Waals surface area contributed by atoms with Gasteiger partial charge in [0.2, 0.25) is 0 Å². The second-order valence-corrected chi connectivity index (χ2v) is 4.53. The average molecular weight is 264 g/mol. The first kappa shape index (κ1) is 13.3. The lowest BCUT2D eigenvalue weighted by Gasteiger charge is -2.13. The summed E-state index contributed by atoms with van der Waals surface area (Å²) in [6.45, 7) is 0. The summed E-state index contributed by atoms with van der Waals surface area (Å²) in [7, 11) is 1.39. The van der Waals surface area contributed by atoms with Crippen LogP contribution in [0, 0.1) is 5.92 Å². The molecule has 0 aromatic carbocycles.